The molecule has 0 heterocycles. The van der Waals surface area contributed by atoms with E-state index in [9.17, 15) is 14.4 Å². The molecule has 1 saturated carbocycles. The Morgan fingerprint density at radius 1 is 0.974 bits per heavy atom. The van der Waals surface area contributed by atoms with E-state index >= 15 is 0 Å². The van der Waals surface area contributed by atoms with Gasteiger partial charge in [0.25, 0.3) is 0 Å². The van der Waals surface area contributed by atoms with Crippen molar-refractivity contribution in [2.75, 3.05) is 0 Å². The van der Waals surface area contributed by atoms with Crippen LogP contribution in [0.15, 0.2) is 54.6 Å². The third kappa shape index (κ3) is 8.84. The van der Waals surface area contributed by atoms with Crippen LogP contribution in [0.4, 0.5) is 4.79 Å². The van der Waals surface area contributed by atoms with E-state index in [1.54, 1.807) is 25.7 Å². The van der Waals surface area contributed by atoms with Crippen molar-refractivity contribution < 1.29 is 19.1 Å². The molecule has 7 nitrogen and oxygen atoms in total. The quantitative estimate of drug-likeness (QED) is 0.374. The van der Waals surface area contributed by atoms with Crippen LogP contribution in [0.2, 0.25) is 0 Å². The van der Waals surface area contributed by atoms with Crippen LogP contribution in [0.5, 0.6) is 0 Å². The van der Waals surface area contributed by atoms with Crippen LogP contribution in [0.3, 0.4) is 0 Å². The highest BCUT2D eigenvalue weighted by atomic mass is 16.6. The summed E-state index contributed by atoms with van der Waals surface area (Å²) in [4.78, 5) is 42.7. The summed E-state index contributed by atoms with van der Waals surface area (Å²) in [6, 6.07) is 16.0. The van der Waals surface area contributed by atoms with Crippen LogP contribution in [-0.2, 0) is 27.3 Å². The summed E-state index contributed by atoms with van der Waals surface area (Å²) in [5.41, 5.74) is 2.22. The Balaban J connectivity index is 1.97. The second-order valence-electron chi connectivity index (χ2n) is 11.9. The molecule has 2 atom stereocenters. The van der Waals surface area contributed by atoms with E-state index in [1.165, 1.54) is 0 Å². The highest BCUT2D eigenvalue weighted by molar-refractivity contribution is 5.92. The zero-order valence-electron chi connectivity index (χ0n) is 24.3. The minimum atomic E-state index is -0.812. The van der Waals surface area contributed by atoms with Gasteiger partial charge in [0.2, 0.25) is 11.8 Å². The average Bonchev–Trinajstić information content (AvgIpc) is 2.84. The van der Waals surface area contributed by atoms with Crippen LogP contribution in [0, 0.1) is 5.92 Å². The fraction of sp³-hybridized carbons (Fsp3) is 0.531. The standard InChI is InChI=1S/C32H45N3O4/c1-7-23-16-18-25(19-17-23)28(29(36)33-21-24-12-9-8-10-13-24)35(26-14-11-15-26)30(37)27(20-22(2)3)34-31(38)39-32(4,5)6/h8-10,12-13,16-19,22,26-28H,7,11,14-15,20-21H2,1-6H3,(H,33,36)(H,34,38). The number of nitrogens with one attached hydrogen (secondary N) is 2. The summed E-state index contributed by atoms with van der Waals surface area (Å²) >= 11 is 0. The van der Waals surface area contributed by atoms with E-state index in [0.717, 1.165) is 42.4 Å². The van der Waals surface area contributed by atoms with Gasteiger partial charge in [-0.3, -0.25) is 9.59 Å². The van der Waals surface area contributed by atoms with Crippen LogP contribution in [0.1, 0.15) is 90.0 Å². The Morgan fingerprint density at radius 2 is 1.62 bits per heavy atom. The maximum absolute atomic E-state index is 14.3. The number of aryl methyl sites for hydroxylation is 1. The fourth-order valence-electron chi connectivity index (χ4n) is 4.76. The van der Waals surface area contributed by atoms with E-state index in [-0.39, 0.29) is 23.8 Å². The van der Waals surface area contributed by atoms with Crippen molar-refractivity contribution in [1.29, 1.82) is 0 Å². The molecular formula is C32H45N3O4. The molecule has 2 N–H and O–H groups in total. The molecule has 0 aromatic heterocycles. The molecule has 0 aliphatic heterocycles. The van der Waals surface area contributed by atoms with Crippen molar-refractivity contribution in [3.05, 3.63) is 71.3 Å². The molecule has 39 heavy (non-hydrogen) atoms. The lowest BCUT2D eigenvalue weighted by Crippen LogP contribution is -2.57. The Morgan fingerprint density at radius 3 is 2.13 bits per heavy atom. The Kier molecular flexibility index (Phi) is 10.6. The van der Waals surface area contributed by atoms with Crippen molar-refractivity contribution in [3.63, 3.8) is 0 Å². The van der Waals surface area contributed by atoms with Crippen LogP contribution in [0.25, 0.3) is 0 Å². The first-order chi connectivity index (χ1) is 18.5. The van der Waals surface area contributed by atoms with Gasteiger partial charge in [-0.1, -0.05) is 75.4 Å². The summed E-state index contributed by atoms with van der Waals surface area (Å²) in [6.07, 6.45) is 3.33. The highest BCUT2D eigenvalue weighted by Gasteiger charge is 2.42. The van der Waals surface area contributed by atoms with Gasteiger partial charge >= 0.3 is 6.09 Å². The molecule has 3 rings (SSSR count). The molecule has 0 bridgehead atoms. The third-order valence-electron chi connectivity index (χ3n) is 6.96. The van der Waals surface area contributed by atoms with Gasteiger partial charge in [0.05, 0.1) is 0 Å². The normalized spacial score (nSPS) is 15.2. The molecule has 2 aromatic carbocycles. The molecule has 1 aliphatic rings. The van der Waals surface area contributed by atoms with Crippen molar-refractivity contribution in [2.45, 2.75) is 104 Å². The Labute approximate surface area is 233 Å². The predicted octanol–water partition coefficient (Wildman–Crippen LogP) is 5.93. The topological polar surface area (TPSA) is 87.7 Å². The Bertz CT molecular complexity index is 1090. The van der Waals surface area contributed by atoms with E-state index in [2.05, 4.69) is 17.6 Å². The lowest BCUT2D eigenvalue weighted by atomic mass is 9.87. The average molecular weight is 536 g/mol. The SMILES string of the molecule is CCc1ccc(C(C(=O)NCc2ccccc2)N(C(=O)C(CC(C)C)NC(=O)OC(C)(C)C)C2CCC2)cc1. The predicted molar refractivity (Wildman–Crippen MR) is 154 cm³/mol. The monoisotopic (exact) mass is 535 g/mol. The number of alkyl carbamates (subject to hydrolysis) is 1. The second-order valence-corrected chi connectivity index (χ2v) is 11.9. The fourth-order valence-corrected chi connectivity index (χ4v) is 4.76. The number of carbonyl (C=O) groups is 3. The molecule has 2 unspecified atom stereocenters. The number of ether oxygens (including phenoxy) is 1. The summed E-state index contributed by atoms with van der Waals surface area (Å²) in [6.45, 7) is 11.8. The molecule has 0 saturated heterocycles. The molecule has 1 fully saturated rings. The van der Waals surface area contributed by atoms with E-state index in [0.29, 0.717) is 13.0 Å². The number of nitrogens with zero attached hydrogens (tertiary/aromatic N) is 1. The smallest absolute Gasteiger partial charge is 0.408 e. The van der Waals surface area contributed by atoms with Gasteiger partial charge in [-0.2, -0.15) is 0 Å². The van der Waals surface area contributed by atoms with Crippen LogP contribution >= 0.6 is 0 Å². The minimum Gasteiger partial charge on any atom is -0.444 e. The van der Waals surface area contributed by atoms with Crippen molar-refractivity contribution in [1.82, 2.24) is 15.5 Å². The Hall–Kier alpha value is -3.35. The van der Waals surface area contributed by atoms with Crippen LogP contribution in [-0.4, -0.2) is 40.5 Å². The van der Waals surface area contributed by atoms with Crippen molar-refractivity contribution in [2.24, 2.45) is 5.92 Å². The molecule has 1 aliphatic carbocycles. The highest BCUT2D eigenvalue weighted by Crippen LogP contribution is 2.34. The molecular weight excluding hydrogens is 490 g/mol. The molecule has 2 aromatic rings. The zero-order chi connectivity index (χ0) is 28.6. The van der Waals surface area contributed by atoms with E-state index < -0.39 is 23.8 Å². The number of benzene rings is 2. The third-order valence-corrected chi connectivity index (χ3v) is 6.96. The van der Waals surface area contributed by atoms with Gasteiger partial charge in [0.15, 0.2) is 0 Å². The van der Waals surface area contributed by atoms with Crippen molar-refractivity contribution >= 4 is 17.9 Å². The first-order valence-electron chi connectivity index (χ1n) is 14.2. The van der Waals surface area contributed by atoms with E-state index in [4.69, 9.17) is 4.74 Å². The molecule has 0 spiro atoms. The summed E-state index contributed by atoms with van der Waals surface area (Å²) in [7, 11) is 0. The minimum absolute atomic E-state index is 0.0778. The summed E-state index contributed by atoms with van der Waals surface area (Å²) in [5.74, 6) is -0.339. The van der Waals surface area contributed by atoms with Gasteiger partial charge < -0.3 is 20.3 Å². The summed E-state index contributed by atoms with van der Waals surface area (Å²) in [5, 5.41) is 5.90. The molecule has 0 radical (unpaired) electrons. The molecule has 7 heteroatoms. The lowest BCUT2D eigenvalue weighted by Gasteiger charge is -2.43. The maximum Gasteiger partial charge on any atom is 0.408 e. The first-order valence-corrected chi connectivity index (χ1v) is 14.2. The zero-order valence-corrected chi connectivity index (χ0v) is 24.3. The van der Waals surface area contributed by atoms with Gasteiger partial charge in [-0.25, -0.2) is 4.79 Å². The number of amides is 3. The van der Waals surface area contributed by atoms with Gasteiger partial charge in [-0.05, 0) is 75.5 Å². The van der Waals surface area contributed by atoms with Gasteiger partial charge in [0.1, 0.15) is 17.7 Å². The largest absolute Gasteiger partial charge is 0.444 e. The maximum atomic E-state index is 14.3. The summed E-state index contributed by atoms with van der Waals surface area (Å²) < 4.78 is 5.49. The van der Waals surface area contributed by atoms with Crippen LogP contribution < -0.4 is 10.6 Å². The number of hydrogen-bond acceptors (Lipinski definition) is 4. The molecule has 212 valence electrons. The second kappa shape index (κ2) is 13.6. The molecule has 3 amide bonds. The van der Waals surface area contributed by atoms with Crippen molar-refractivity contribution in [3.8, 4) is 0 Å². The van der Waals surface area contributed by atoms with Gasteiger partial charge in [0, 0.05) is 12.6 Å². The first kappa shape index (κ1) is 30.2. The number of hydrogen-bond donors (Lipinski definition) is 2. The number of rotatable bonds is 11. The van der Waals surface area contributed by atoms with Gasteiger partial charge in [-0.15, -0.1) is 0 Å². The number of carbonyl (C=O) groups excluding carboxylic acids is 3. The van der Waals surface area contributed by atoms with E-state index in [1.807, 2.05) is 68.4 Å². The lowest BCUT2D eigenvalue weighted by molar-refractivity contribution is -0.147.